The number of aromatic nitrogens is 1. The van der Waals surface area contributed by atoms with Crippen molar-refractivity contribution in [3.63, 3.8) is 0 Å². The summed E-state index contributed by atoms with van der Waals surface area (Å²) in [5, 5.41) is 2.15. The maximum Gasteiger partial charge on any atom is 0.339 e. The number of carbonyl (C=O) groups excluding carboxylic acids is 2. The smallest absolute Gasteiger partial charge is 0.339 e. The van der Waals surface area contributed by atoms with Gasteiger partial charge in [0.05, 0.1) is 18.7 Å². The van der Waals surface area contributed by atoms with Crippen molar-refractivity contribution >= 4 is 45.3 Å². The number of carbonyl (C=O) groups is 2. The van der Waals surface area contributed by atoms with Gasteiger partial charge in [-0.05, 0) is 48.9 Å². The molecule has 6 rings (SSSR count). The number of rotatable bonds is 4. The molecular weight excluding hydrogens is 496 g/mol. The lowest BCUT2D eigenvalue weighted by atomic mass is 9.91. The van der Waals surface area contributed by atoms with Gasteiger partial charge in [0.25, 0.3) is 5.91 Å². The third-order valence-corrected chi connectivity index (χ3v) is 7.72. The Morgan fingerprint density at radius 1 is 1.11 bits per heavy atom. The highest BCUT2D eigenvalue weighted by molar-refractivity contribution is 6.32. The van der Waals surface area contributed by atoms with E-state index >= 15 is 0 Å². The lowest BCUT2D eigenvalue weighted by Gasteiger charge is -2.33. The number of halogens is 1. The largest absolute Gasteiger partial charge is 0.482 e. The minimum Gasteiger partial charge on any atom is -0.482 e. The molecule has 2 aliphatic rings. The highest BCUT2D eigenvalue weighted by Crippen LogP contribution is 2.35. The van der Waals surface area contributed by atoms with Gasteiger partial charge in [0, 0.05) is 40.0 Å². The fourth-order valence-corrected chi connectivity index (χ4v) is 5.81. The van der Waals surface area contributed by atoms with E-state index < -0.39 is 12.0 Å². The van der Waals surface area contributed by atoms with E-state index in [2.05, 4.69) is 4.98 Å². The molecule has 2 aromatic carbocycles. The molecule has 1 aliphatic heterocycles. The Labute approximate surface area is 217 Å². The molecule has 0 radical (unpaired) electrons. The van der Waals surface area contributed by atoms with Crippen molar-refractivity contribution in [2.75, 3.05) is 13.7 Å². The molecule has 1 atom stereocenters. The van der Waals surface area contributed by atoms with Crippen LogP contribution in [0.5, 0.6) is 5.75 Å². The molecule has 0 fully saturated rings. The number of fused-ring (bicyclic) bond motifs is 6. The summed E-state index contributed by atoms with van der Waals surface area (Å²) in [5.41, 5.74) is 4.57. The van der Waals surface area contributed by atoms with Gasteiger partial charge in [0.2, 0.25) is 0 Å². The molecule has 4 aromatic rings. The zero-order valence-electron chi connectivity index (χ0n) is 20.3. The van der Waals surface area contributed by atoms with Crippen LogP contribution in [0.15, 0.2) is 45.6 Å². The number of amides is 1. The minimum atomic E-state index is -0.774. The number of hydrogen-bond acceptors (Lipinski definition) is 6. The second-order valence-corrected chi connectivity index (χ2v) is 9.92. The highest BCUT2D eigenvalue weighted by Gasteiger charge is 2.37. The maximum absolute atomic E-state index is 13.3. The maximum atomic E-state index is 13.3. The van der Waals surface area contributed by atoms with E-state index in [1.54, 1.807) is 12.1 Å². The topological polar surface area (TPSA) is 102 Å². The summed E-state index contributed by atoms with van der Waals surface area (Å²) >= 11 is 6.52. The number of nitrogens with one attached hydrogen (secondary N) is 1. The highest BCUT2D eigenvalue weighted by atomic mass is 35.5. The van der Waals surface area contributed by atoms with E-state index in [-0.39, 0.29) is 30.4 Å². The van der Waals surface area contributed by atoms with Gasteiger partial charge >= 0.3 is 11.6 Å². The summed E-state index contributed by atoms with van der Waals surface area (Å²) in [7, 11) is 1.31. The van der Waals surface area contributed by atoms with Gasteiger partial charge in [-0.2, -0.15) is 0 Å². The molecule has 0 saturated heterocycles. The molecule has 1 aliphatic carbocycles. The van der Waals surface area contributed by atoms with Crippen LogP contribution in [0.2, 0.25) is 5.02 Å². The van der Waals surface area contributed by atoms with Crippen LogP contribution in [0.3, 0.4) is 0 Å². The first-order valence-electron chi connectivity index (χ1n) is 12.3. The quantitative estimate of drug-likeness (QED) is 0.318. The Hall–Kier alpha value is -3.78. The third kappa shape index (κ3) is 4.05. The number of nitrogens with zero attached hydrogens (tertiary/aromatic N) is 1. The monoisotopic (exact) mass is 520 g/mol. The van der Waals surface area contributed by atoms with E-state index in [0.29, 0.717) is 29.0 Å². The van der Waals surface area contributed by atoms with Crippen molar-refractivity contribution in [1.82, 2.24) is 9.88 Å². The second kappa shape index (κ2) is 9.27. The zero-order chi connectivity index (χ0) is 25.7. The number of hydrogen-bond donors (Lipinski definition) is 1. The average molecular weight is 521 g/mol. The first kappa shape index (κ1) is 23.6. The van der Waals surface area contributed by atoms with Gasteiger partial charge in [0.1, 0.15) is 17.4 Å². The number of ether oxygens (including phenoxy) is 2. The second-order valence-electron chi connectivity index (χ2n) is 9.51. The number of aromatic amines is 1. The molecule has 190 valence electrons. The standard InChI is InChI=1S/C28H25ClN2O6/c1-35-28(34)23-11-18-16-7-4-5-9-21(16)30-22(18)13-31(23)26(32)14-36-25-12-24-19(10-20(25)29)15-6-2-3-8-17(15)27(33)37-24/h4-5,7,9-10,12,23,30H,2-3,6,8,11,13-14H2,1H3. The van der Waals surface area contributed by atoms with E-state index in [9.17, 15) is 14.4 Å². The summed E-state index contributed by atoms with van der Waals surface area (Å²) in [6.45, 7) is -0.123. The number of H-pyrrole nitrogens is 1. The predicted molar refractivity (Wildman–Crippen MR) is 138 cm³/mol. The van der Waals surface area contributed by atoms with Crippen LogP contribution in [0.1, 0.15) is 35.2 Å². The van der Waals surface area contributed by atoms with Crippen molar-refractivity contribution < 1.29 is 23.5 Å². The number of benzene rings is 2. The Balaban J connectivity index is 1.27. The fourth-order valence-electron chi connectivity index (χ4n) is 5.59. The molecule has 0 spiro atoms. The third-order valence-electron chi connectivity index (χ3n) is 7.43. The van der Waals surface area contributed by atoms with Gasteiger partial charge in [-0.1, -0.05) is 29.8 Å². The Morgan fingerprint density at radius 2 is 1.89 bits per heavy atom. The molecule has 1 N–H and O–H groups in total. The van der Waals surface area contributed by atoms with Gasteiger partial charge in [0.15, 0.2) is 6.61 Å². The van der Waals surface area contributed by atoms with Crippen LogP contribution in [-0.4, -0.2) is 41.5 Å². The molecule has 0 bridgehead atoms. The van der Waals surface area contributed by atoms with Crippen LogP contribution in [0.4, 0.5) is 0 Å². The number of methoxy groups -OCH3 is 1. The first-order valence-corrected chi connectivity index (χ1v) is 12.7. The van der Waals surface area contributed by atoms with Crippen molar-refractivity contribution in [3.05, 3.63) is 74.2 Å². The molecule has 1 unspecified atom stereocenters. The van der Waals surface area contributed by atoms with Crippen molar-refractivity contribution in [3.8, 4) is 5.75 Å². The predicted octanol–water partition coefficient (Wildman–Crippen LogP) is 4.31. The molecule has 8 nitrogen and oxygen atoms in total. The minimum absolute atomic E-state index is 0.221. The zero-order valence-corrected chi connectivity index (χ0v) is 21.0. The summed E-state index contributed by atoms with van der Waals surface area (Å²) < 4.78 is 16.4. The lowest BCUT2D eigenvalue weighted by molar-refractivity contribution is -0.154. The molecule has 2 aromatic heterocycles. The summed E-state index contributed by atoms with van der Waals surface area (Å²) in [4.78, 5) is 43.3. The van der Waals surface area contributed by atoms with Gasteiger partial charge in [-0.25, -0.2) is 9.59 Å². The van der Waals surface area contributed by atoms with Crippen LogP contribution in [0, 0.1) is 0 Å². The van der Waals surface area contributed by atoms with E-state index in [1.165, 1.54) is 12.0 Å². The Kier molecular flexibility index (Phi) is 5.91. The Bertz CT molecular complexity index is 1620. The molecule has 1 amide bonds. The van der Waals surface area contributed by atoms with Crippen molar-refractivity contribution in [2.24, 2.45) is 0 Å². The first-order chi connectivity index (χ1) is 17.9. The molecule has 37 heavy (non-hydrogen) atoms. The van der Waals surface area contributed by atoms with Crippen molar-refractivity contribution in [2.45, 2.75) is 44.7 Å². The van der Waals surface area contributed by atoms with E-state index in [0.717, 1.165) is 52.4 Å². The fraction of sp³-hybridized carbons (Fsp3) is 0.321. The summed E-state index contributed by atoms with van der Waals surface area (Å²) in [6.07, 6.45) is 3.80. The van der Waals surface area contributed by atoms with E-state index in [4.69, 9.17) is 25.5 Å². The normalized spacial score (nSPS) is 16.9. The van der Waals surface area contributed by atoms with Gasteiger partial charge in [-0.3, -0.25) is 4.79 Å². The molecule has 9 heteroatoms. The van der Waals surface area contributed by atoms with Crippen molar-refractivity contribution in [1.29, 1.82) is 0 Å². The van der Waals surface area contributed by atoms with Crippen LogP contribution in [0.25, 0.3) is 21.9 Å². The summed E-state index contributed by atoms with van der Waals surface area (Å²) in [6, 6.07) is 10.4. The SMILES string of the molecule is COC(=O)C1Cc2c([nH]c3ccccc23)CN1C(=O)COc1cc2oc(=O)c3c(c2cc1Cl)CCCC3. The molecule has 3 heterocycles. The number of para-hydroxylation sites is 1. The number of esters is 1. The number of aryl methyl sites for hydroxylation is 1. The van der Waals surface area contributed by atoms with Gasteiger partial charge in [-0.15, -0.1) is 0 Å². The Morgan fingerprint density at radius 3 is 2.70 bits per heavy atom. The molecular formula is C28H25ClN2O6. The van der Waals surface area contributed by atoms with Crippen LogP contribution < -0.4 is 10.4 Å². The van der Waals surface area contributed by atoms with Crippen LogP contribution in [-0.2, 0) is 40.1 Å². The average Bonchev–Trinajstić information content (AvgIpc) is 3.29. The van der Waals surface area contributed by atoms with Crippen LogP contribution >= 0.6 is 11.6 Å². The molecule has 0 saturated carbocycles. The summed E-state index contributed by atoms with van der Waals surface area (Å²) in [5.74, 6) is -0.637. The van der Waals surface area contributed by atoms with E-state index in [1.807, 2.05) is 24.3 Å². The lowest BCUT2D eigenvalue weighted by Crippen LogP contribution is -2.50. The van der Waals surface area contributed by atoms with Gasteiger partial charge < -0.3 is 23.8 Å².